The predicted octanol–water partition coefficient (Wildman–Crippen LogP) is 6.61. The Balaban J connectivity index is 0.000000444. The second kappa shape index (κ2) is 12.4. The van der Waals surface area contributed by atoms with Crippen molar-refractivity contribution in [2.45, 2.75) is 82.5 Å². The minimum atomic E-state index is -4.29. The summed E-state index contributed by atoms with van der Waals surface area (Å²) < 4.78 is 50.6. The second-order valence-electron chi connectivity index (χ2n) is 9.80. The maximum Gasteiger partial charge on any atom is 0.395 e. The van der Waals surface area contributed by atoms with Crippen LogP contribution in [0.3, 0.4) is 0 Å². The fourth-order valence-corrected chi connectivity index (χ4v) is 4.71. The van der Waals surface area contributed by atoms with Gasteiger partial charge in [0, 0.05) is 24.1 Å². The minimum Gasteiger partial charge on any atom is -0.370 e. The van der Waals surface area contributed by atoms with E-state index >= 15 is 0 Å². The third kappa shape index (κ3) is 8.07. The third-order valence-corrected chi connectivity index (χ3v) is 7.07. The number of nitrogens with zero attached hydrogens (tertiary/aromatic N) is 1. The Morgan fingerprint density at radius 2 is 1.44 bits per heavy atom. The second-order valence-corrected chi connectivity index (χ2v) is 9.80. The fraction of sp³-hybridized carbons (Fsp3) is 0.500. The summed E-state index contributed by atoms with van der Waals surface area (Å²) in [5, 5.41) is 0. The summed E-state index contributed by atoms with van der Waals surface area (Å²) in [5.41, 5.74) is 5.85. The van der Waals surface area contributed by atoms with E-state index in [2.05, 4.69) is 0 Å². The van der Waals surface area contributed by atoms with Crippen LogP contribution >= 0.6 is 0 Å². The molecule has 0 radical (unpaired) electrons. The van der Waals surface area contributed by atoms with Crippen LogP contribution in [0.1, 0.15) is 80.1 Å². The van der Waals surface area contributed by atoms with Gasteiger partial charge in [-0.3, -0.25) is 9.59 Å². The first-order valence-electron chi connectivity index (χ1n) is 12.5. The highest BCUT2D eigenvalue weighted by molar-refractivity contribution is 5.95. The van der Waals surface area contributed by atoms with Gasteiger partial charge in [0.2, 0.25) is 5.91 Å². The van der Waals surface area contributed by atoms with Crippen molar-refractivity contribution in [3.63, 3.8) is 0 Å². The van der Waals surface area contributed by atoms with Gasteiger partial charge >= 0.3 is 6.18 Å². The molecule has 36 heavy (non-hydrogen) atoms. The molecule has 2 aromatic rings. The molecule has 2 amide bonds. The van der Waals surface area contributed by atoms with Crippen LogP contribution in [0, 0.1) is 11.7 Å². The number of amides is 2. The minimum absolute atomic E-state index is 0.0840. The molecule has 0 heterocycles. The number of carbonyl (C=O) groups is 2. The summed E-state index contributed by atoms with van der Waals surface area (Å²) in [6.45, 7) is 1.13. The zero-order valence-electron chi connectivity index (χ0n) is 20.5. The quantitative estimate of drug-likeness (QED) is 0.430. The lowest BCUT2D eigenvalue weighted by atomic mass is 9.82. The molecule has 4 nitrogen and oxygen atoms in total. The summed E-state index contributed by atoms with van der Waals surface area (Å²) >= 11 is 0. The number of nitrogens with two attached hydrogens (primary N) is 1. The lowest BCUT2D eigenvalue weighted by Gasteiger charge is -2.37. The maximum atomic E-state index is 13.1. The number of carbonyl (C=O) groups excluding carboxylic acids is 2. The van der Waals surface area contributed by atoms with Gasteiger partial charge in [-0.15, -0.1) is 0 Å². The van der Waals surface area contributed by atoms with Gasteiger partial charge in [0.05, 0.1) is 5.92 Å². The van der Waals surface area contributed by atoms with Gasteiger partial charge in [0.1, 0.15) is 5.82 Å². The molecule has 0 saturated heterocycles. The molecular formula is C28H34F4N2O2. The molecule has 0 aliphatic heterocycles. The smallest absolute Gasteiger partial charge is 0.370 e. The molecule has 0 aromatic heterocycles. The Bertz CT molecular complexity index is 983. The number of rotatable bonds is 7. The lowest BCUT2D eigenvalue weighted by molar-refractivity contribution is -0.146. The molecule has 1 atom stereocenters. The molecule has 2 aromatic carbocycles. The molecule has 0 spiro atoms. The third-order valence-electron chi connectivity index (χ3n) is 7.07. The van der Waals surface area contributed by atoms with E-state index < -0.39 is 12.1 Å². The Labute approximate surface area is 209 Å². The van der Waals surface area contributed by atoms with Gasteiger partial charge in [-0.2, -0.15) is 13.2 Å². The number of hydrogen-bond acceptors (Lipinski definition) is 2. The highest BCUT2D eigenvalue weighted by atomic mass is 19.4. The van der Waals surface area contributed by atoms with Crippen molar-refractivity contribution in [2.75, 3.05) is 0 Å². The van der Waals surface area contributed by atoms with Crippen LogP contribution in [0.5, 0.6) is 0 Å². The van der Waals surface area contributed by atoms with Crippen LogP contribution in [0.2, 0.25) is 0 Å². The Kier molecular flexibility index (Phi) is 9.51. The van der Waals surface area contributed by atoms with Crippen molar-refractivity contribution >= 4 is 11.8 Å². The molecule has 8 heteroatoms. The van der Waals surface area contributed by atoms with Crippen LogP contribution < -0.4 is 5.73 Å². The molecule has 0 unspecified atom stereocenters. The number of benzene rings is 2. The van der Waals surface area contributed by atoms with Gasteiger partial charge < -0.3 is 10.6 Å². The highest BCUT2D eigenvalue weighted by Crippen LogP contribution is 2.38. The summed E-state index contributed by atoms with van der Waals surface area (Å²) in [4.78, 5) is 26.1. The molecule has 2 aliphatic rings. The standard InChI is InChI=1S/C22H29F3N2O2.C6H5F/c1-14(22(23,24)25)16-5-7-17(8-6-16)21(29)27(19-11-12-19)18-9-2-15(3-10-18)4-13-20(26)28;7-6-4-2-1-3-5-6/h5-8,14-15,18-19H,2-4,9-13H2,1H3,(H2,26,28);1-5H/t14-,15?,18?;/m1./s1. The first kappa shape index (κ1) is 27.7. The van der Waals surface area contributed by atoms with Crippen LogP contribution in [-0.4, -0.2) is 35.0 Å². The van der Waals surface area contributed by atoms with E-state index in [1.165, 1.54) is 36.4 Å². The van der Waals surface area contributed by atoms with Crippen LogP contribution in [0.4, 0.5) is 17.6 Å². The van der Waals surface area contributed by atoms with Crippen LogP contribution in [-0.2, 0) is 4.79 Å². The Morgan fingerprint density at radius 1 is 0.917 bits per heavy atom. The molecule has 2 fully saturated rings. The number of hydrogen-bond donors (Lipinski definition) is 1. The topological polar surface area (TPSA) is 63.4 Å². The summed E-state index contributed by atoms with van der Waals surface area (Å²) in [7, 11) is 0. The van der Waals surface area contributed by atoms with Gasteiger partial charge in [-0.05, 0) is 87.6 Å². The molecule has 196 valence electrons. The van der Waals surface area contributed by atoms with Crippen molar-refractivity contribution in [1.29, 1.82) is 0 Å². The average molecular weight is 507 g/mol. The van der Waals surface area contributed by atoms with Crippen LogP contribution in [0.15, 0.2) is 54.6 Å². The van der Waals surface area contributed by atoms with E-state index in [9.17, 15) is 27.2 Å². The van der Waals surface area contributed by atoms with Crippen molar-refractivity contribution < 1.29 is 27.2 Å². The molecule has 2 aliphatic carbocycles. The molecule has 4 rings (SSSR count). The monoisotopic (exact) mass is 506 g/mol. The lowest BCUT2D eigenvalue weighted by Crippen LogP contribution is -2.44. The summed E-state index contributed by atoms with van der Waals surface area (Å²) in [6, 6.07) is 14.2. The van der Waals surface area contributed by atoms with E-state index in [1.54, 1.807) is 18.2 Å². The maximum absolute atomic E-state index is 13.1. The summed E-state index contributed by atoms with van der Waals surface area (Å²) in [6.07, 6.45) is 2.62. The molecule has 0 bridgehead atoms. The van der Waals surface area contributed by atoms with E-state index in [1.807, 2.05) is 4.90 Å². The SMILES string of the molecule is C[C@H](c1ccc(C(=O)N(C2CCC(CCC(N)=O)CC2)C2CC2)cc1)C(F)(F)F.Fc1ccccc1. The van der Waals surface area contributed by atoms with Crippen molar-refractivity contribution in [2.24, 2.45) is 11.7 Å². The number of halogens is 4. The van der Waals surface area contributed by atoms with Crippen LogP contribution in [0.25, 0.3) is 0 Å². The zero-order chi connectivity index (χ0) is 26.3. The van der Waals surface area contributed by atoms with E-state index in [-0.39, 0.29) is 35.3 Å². The zero-order valence-corrected chi connectivity index (χ0v) is 20.5. The normalized spacial score (nSPS) is 20.6. The average Bonchev–Trinajstić information content (AvgIpc) is 3.69. The largest absolute Gasteiger partial charge is 0.395 e. The first-order valence-corrected chi connectivity index (χ1v) is 12.5. The van der Waals surface area contributed by atoms with Gasteiger partial charge in [-0.25, -0.2) is 4.39 Å². The number of alkyl halides is 3. The van der Waals surface area contributed by atoms with Gasteiger partial charge in [0.25, 0.3) is 5.91 Å². The van der Waals surface area contributed by atoms with Crippen molar-refractivity contribution in [3.05, 3.63) is 71.5 Å². The van der Waals surface area contributed by atoms with E-state index in [0.717, 1.165) is 51.9 Å². The first-order chi connectivity index (χ1) is 17.1. The van der Waals surface area contributed by atoms with E-state index in [4.69, 9.17) is 5.73 Å². The predicted molar refractivity (Wildman–Crippen MR) is 131 cm³/mol. The molecule has 2 saturated carbocycles. The Hall–Kier alpha value is -2.90. The Morgan fingerprint density at radius 3 is 1.86 bits per heavy atom. The summed E-state index contributed by atoms with van der Waals surface area (Å²) in [5.74, 6) is -1.62. The molecular weight excluding hydrogens is 472 g/mol. The van der Waals surface area contributed by atoms with Crippen molar-refractivity contribution in [3.8, 4) is 0 Å². The molecule has 2 N–H and O–H groups in total. The van der Waals surface area contributed by atoms with E-state index in [0.29, 0.717) is 17.9 Å². The highest BCUT2D eigenvalue weighted by Gasteiger charge is 2.40. The fourth-order valence-electron chi connectivity index (χ4n) is 4.71. The van der Waals surface area contributed by atoms with Gasteiger partial charge in [0.15, 0.2) is 0 Å². The van der Waals surface area contributed by atoms with Crippen molar-refractivity contribution in [1.82, 2.24) is 4.90 Å². The van der Waals surface area contributed by atoms with Gasteiger partial charge in [-0.1, -0.05) is 30.3 Å². The number of primary amides is 1.